The van der Waals surface area contributed by atoms with Gasteiger partial charge in [0.25, 0.3) is 11.6 Å². The van der Waals surface area contributed by atoms with Gasteiger partial charge < -0.3 is 9.64 Å². The van der Waals surface area contributed by atoms with E-state index in [1.54, 1.807) is 11.1 Å². The summed E-state index contributed by atoms with van der Waals surface area (Å²) >= 11 is 5.77. The van der Waals surface area contributed by atoms with Crippen molar-refractivity contribution in [2.75, 3.05) is 13.1 Å². The van der Waals surface area contributed by atoms with Crippen LogP contribution in [-0.4, -0.2) is 44.9 Å². The Labute approximate surface area is 142 Å². The molecule has 0 radical (unpaired) electrons. The summed E-state index contributed by atoms with van der Waals surface area (Å²) in [5, 5.41) is 10.9. The molecular formula is C15H13ClN4O4. The largest absolute Gasteiger partial charge is 0.471 e. The first-order chi connectivity index (χ1) is 11.5. The van der Waals surface area contributed by atoms with E-state index in [2.05, 4.69) is 9.97 Å². The first kappa shape index (κ1) is 16.1. The first-order valence-electron chi connectivity index (χ1n) is 7.20. The Morgan fingerprint density at radius 2 is 2.25 bits per heavy atom. The average molecular weight is 349 g/mol. The predicted molar refractivity (Wildman–Crippen MR) is 85.1 cm³/mol. The molecule has 1 aromatic carbocycles. The number of carbonyl (C=O) groups excluding carboxylic acids is 1. The van der Waals surface area contributed by atoms with Crippen LogP contribution in [0.1, 0.15) is 16.8 Å². The van der Waals surface area contributed by atoms with E-state index < -0.39 is 4.92 Å². The van der Waals surface area contributed by atoms with Crippen molar-refractivity contribution >= 4 is 23.2 Å². The Hall–Kier alpha value is -2.74. The van der Waals surface area contributed by atoms with Crippen molar-refractivity contribution < 1.29 is 14.5 Å². The Bertz CT molecular complexity index is 771. The second-order valence-corrected chi connectivity index (χ2v) is 5.65. The van der Waals surface area contributed by atoms with Crippen LogP contribution in [0.25, 0.3) is 0 Å². The molecule has 24 heavy (non-hydrogen) atoms. The van der Waals surface area contributed by atoms with Gasteiger partial charge in [-0.15, -0.1) is 0 Å². The Kier molecular flexibility index (Phi) is 4.57. The minimum atomic E-state index is -0.608. The highest BCUT2D eigenvalue weighted by Gasteiger charge is 2.29. The zero-order valence-corrected chi connectivity index (χ0v) is 13.2. The van der Waals surface area contributed by atoms with E-state index in [-0.39, 0.29) is 28.3 Å². The number of nitrogens with zero attached hydrogens (tertiary/aromatic N) is 4. The van der Waals surface area contributed by atoms with Gasteiger partial charge in [0.1, 0.15) is 11.1 Å². The fourth-order valence-electron chi connectivity index (χ4n) is 2.49. The van der Waals surface area contributed by atoms with Gasteiger partial charge in [-0.05, 0) is 12.1 Å². The second kappa shape index (κ2) is 6.79. The van der Waals surface area contributed by atoms with E-state index in [0.29, 0.717) is 25.4 Å². The van der Waals surface area contributed by atoms with Crippen LogP contribution >= 0.6 is 11.6 Å². The van der Waals surface area contributed by atoms with Gasteiger partial charge in [0.2, 0.25) is 5.88 Å². The van der Waals surface area contributed by atoms with Gasteiger partial charge in [-0.2, -0.15) is 0 Å². The number of nitro benzene ring substituents is 1. The number of aromatic nitrogens is 2. The molecule has 8 nitrogen and oxygen atoms in total. The number of hydrogen-bond donors (Lipinski definition) is 0. The zero-order chi connectivity index (χ0) is 17.1. The normalized spacial score (nSPS) is 16.9. The molecule has 1 aliphatic heterocycles. The Morgan fingerprint density at radius 1 is 1.42 bits per heavy atom. The molecule has 0 aliphatic carbocycles. The van der Waals surface area contributed by atoms with Crippen molar-refractivity contribution in [3.63, 3.8) is 0 Å². The Morgan fingerprint density at radius 3 is 2.96 bits per heavy atom. The van der Waals surface area contributed by atoms with Crippen molar-refractivity contribution in [3.8, 4) is 5.88 Å². The first-order valence-corrected chi connectivity index (χ1v) is 7.58. The quantitative estimate of drug-likeness (QED) is 0.621. The zero-order valence-electron chi connectivity index (χ0n) is 12.5. The number of rotatable bonds is 4. The van der Waals surface area contributed by atoms with Crippen molar-refractivity contribution in [3.05, 3.63) is 57.5 Å². The van der Waals surface area contributed by atoms with Gasteiger partial charge in [-0.3, -0.25) is 19.9 Å². The second-order valence-electron chi connectivity index (χ2n) is 5.25. The fourth-order valence-corrected chi connectivity index (χ4v) is 2.68. The maximum atomic E-state index is 12.5. The van der Waals surface area contributed by atoms with E-state index in [1.807, 2.05) is 0 Å². The van der Waals surface area contributed by atoms with Crippen molar-refractivity contribution in [1.82, 2.24) is 14.9 Å². The summed E-state index contributed by atoms with van der Waals surface area (Å²) in [4.78, 5) is 32.4. The fraction of sp³-hybridized carbons (Fsp3) is 0.267. The highest BCUT2D eigenvalue weighted by molar-refractivity contribution is 6.32. The smallest absolute Gasteiger partial charge is 0.288 e. The lowest BCUT2D eigenvalue weighted by molar-refractivity contribution is -0.384. The summed E-state index contributed by atoms with van der Waals surface area (Å²) in [6.07, 6.45) is 5.04. The lowest BCUT2D eigenvalue weighted by Gasteiger charge is -2.17. The minimum absolute atomic E-state index is 0.00170. The number of likely N-dealkylation sites (tertiary alicyclic amines) is 1. The molecular weight excluding hydrogens is 336 g/mol. The standard InChI is InChI=1S/C15H13ClN4O4/c16-12-2-1-10(7-13(12)20(22)23)15(21)19-6-3-11(9-19)24-14-8-17-4-5-18-14/h1-2,4-5,7-8,11H,3,6,9H2. The number of halogens is 1. The molecule has 1 unspecified atom stereocenters. The van der Waals surface area contributed by atoms with E-state index in [9.17, 15) is 14.9 Å². The van der Waals surface area contributed by atoms with E-state index in [1.165, 1.54) is 30.6 Å². The Balaban J connectivity index is 1.68. The molecule has 9 heteroatoms. The van der Waals surface area contributed by atoms with Gasteiger partial charge in [-0.1, -0.05) is 11.6 Å². The van der Waals surface area contributed by atoms with Gasteiger partial charge in [-0.25, -0.2) is 4.98 Å². The van der Waals surface area contributed by atoms with E-state index >= 15 is 0 Å². The molecule has 1 aliphatic rings. The predicted octanol–water partition coefficient (Wildman–Crippen LogP) is 2.33. The third-order valence-electron chi connectivity index (χ3n) is 3.65. The number of ether oxygens (including phenoxy) is 1. The van der Waals surface area contributed by atoms with Crippen LogP contribution in [0.3, 0.4) is 0 Å². The summed E-state index contributed by atoms with van der Waals surface area (Å²) in [5.74, 6) is 0.110. The van der Waals surface area contributed by atoms with Crippen LogP contribution in [0, 0.1) is 10.1 Å². The molecule has 2 aromatic rings. The maximum Gasteiger partial charge on any atom is 0.288 e. The highest BCUT2D eigenvalue weighted by atomic mass is 35.5. The average Bonchev–Trinajstić information content (AvgIpc) is 3.04. The monoisotopic (exact) mass is 348 g/mol. The van der Waals surface area contributed by atoms with Crippen molar-refractivity contribution in [1.29, 1.82) is 0 Å². The summed E-state index contributed by atoms with van der Waals surface area (Å²) < 4.78 is 5.68. The third kappa shape index (κ3) is 3.43. The molecule has 124 valence electrons. The topological polar surface area (TPSA) is 98.5 Å². The SMILES string of the molecule is O=C(c1ccc(Cl)c([N+](=O)[O-])c1)N1CCC(Oc2cnccn2)C1. The summed E-state index contributed by atoms with van der Waals surface area (Å²) in [6, 6.07) is 4.03. The lowest BCUT2D eigenvalue weighted by Crippen LogP contribution is -2.31. The molecule has 0 N–H and O–H groups in total. The molecule has 1 saturated heterocycles. The van der Waals surface area contributed by atoms with E-state index in [0.717, 1.165) is 0 Å². The van der Waals surface area contributed by atoms with Crippen LogP contribution in [0.4, 0.5) is 5.69 Å². The molecule has 2 heterocycles. The van der Waals surface area contributed by atoms with Gasteiger partial charge in [0, 0.05) is 37.0 Å². The summed E-state index contributed by atoms with van der Waals surface area (Å²) in [6.45, 7) is 0.881. The van der Waals surface area contributed by atoms with Crippen LogP contribution < -0.4 is 4.74 Å². The van der Waals surface area contributed by atoms with Crippen LogP contribution in [0.5, 0.6) is 5.88 Å². The number of nitro groups is 1. The maximum absolute atomic E-state index is 12.5. The molecule has 1 aromatic heterocycles. The molecule has 1 atom stereocenters. The molecule has 0 spiro atoms. The third-order valence-corrected chi connectivity index (χ3v) is 3.97. The number of benzene rings is 1. The lowest BCUT2D eigenvalue weighted by atomic mass is 10.2. The molecule has 1 fully saturated rings. The molecule has 0 bridgehead atoms. The van der Waals surface area contributed by atoms with Crippen LogP contribution in [0.2, 0.25) is 5.02 Å². The van der Waals surface area contributed by atoms with Gasteiger partial charge in [0.15, 0.2) is 0 Å². The van der Waals surface area contributed by atoms with Crippen LogP contribution in [0.15, 0.2) is 36.8 Å². The summed E-state index contributed by atoms with van der Waals surface area (Å²) in [7, 11) is 0. The van der Waals surface area contributed by atoms with Crippen LogP contribution in [-0.2, 0) is 0 Å². The molecule has 3 rings (SSSR count). The highest BCUT2D eigenvalue weighted by Crippen LogP contribution is 2.26. The van der Waals surface area contributed by atoms with Crippen molar-refractivity contribution in [2.24, 2.45) is 0 Å². The van der Waals surface area contributed by atoms with Crippen molar-refractivity contribution in [2.45, 2.75) is 12.5 Å². The minimum Gasteiger partial charge on any atom is -0.471 e. The molecule has 0 saturated carbocycles. The number of carbonyl (C=O) groups is 1. The number of amides is 1. The number of hydrogen-bond acceptors (Lipinski definition) is 6. The van der Waals surface area contributed by atoms with E-state index in [4.69, 9.17) is 16.3 Å². The van der Waals surface area contributed by atoms with Gasteiger partial charge in [0.05, 0.1) is 17.7 Å². The summed E-state index contributed by atoms with van der Waals surface area (Å²) in [5.41, 5.74) is -0.0553. The molecule has 1 amide bonds. The van der Waals surface area contributed by atoms with Gasteiger partial charge >= 0.3 is 0 Å².